The van der Waals surface area contributed by atoms with E-state index in [0.717, 1.165) is 22.4 Å². The molecule has 186 valence electrons. The van der Waals surface area contributed by atoms with Crippen LogP contribution in [0.5, 0.6) is 11.5 Å². The van der Waals surface area contributed by atoms with Gasteiger partial charge in [-0.15, -0.1) is 15.3 Å². The number of benzene rings is 3. The molecule has 0 bridgehead atoms. The van der Waals surface area contributed by atoms with Gasteiger partial charge in [0.1, 0.15) is 11.5 Å². The molecule has 0 radical (unpaired) electrons. The van der Waals surface area contributed by atoms with Gasteiger partial charge < -0.3 is 14.0 Å². The SMILES string of the molecule is Cc1cccc(Oc2ccc(-c3nnc(CO/N=C(/c4ccccc4)c4nnnn4C)o3)c(Cl)c2)c1C. The minimum atomic E-state index is -0.0555. The Bertz CT molecular complexity index is 1560. The van der Waals surface area contributed by atoms with E-state index in [4.69, 9.17) is 25.6 Å². The molecule has 0 saturated heterocycles. The molecule has 0 atom stereocenters. The third-order valence-corrected chi connectivity index (χ3v) is 5.96. The van der Waals surface area contributed by atoms with E-state index in [1.807, 2.05) is 62.4 Å². The van der Waals surface area contributed by atoms with E-state index in [1.165, 1.54) is 4.68 Å². The van der Waals surface area contributed by atoms with E-state index < -0.39 is 0 Å². The first-order valence-corrected chi connectivity index (χ1v) is 11.7. The Kier molecular flexibility index (Phi) is 6.91. The van der Waals surface area contributed by atoms with Gasteiger partial charge in [0.15, 0.2) is 12.3 Å². The van der Waals surface area contributed by atoms with Crippen molar-refractivity contribution in [1.82, 2.24) is 30.4 Å². The molecule has 0 N–H and O–H groups in total. The Balaban J connectivity index is 1.30. The van der Waals surface area contributed by atoms with Crippen LogP contribution < -0.4 is 4.74 Å². The van der Waals surface area contributed by atoms with Gasteiger partial charge in [0.25, 0.3) is 5.89 Å². The van der Waals surface area contributed by atoms with Crippen LogP contribution in [0.1, 0.15) is 28.4 Å². The van der Waals surface area contributed by atoms with Crippen molar-refractivity contribution in [3.63, 3.8) is 0 Å². The van der Waals surface area contributed by atoms with Crippen molar-refractivity contribution in [2.75, 3.05) is 0 Å². The monoisotopic (exact) mass is 515 g/mol. The Morgan fingerprint density at radius 3 is 2.59 bits per heavy atom. The summed E-state index contributed by atoms with van der Waals surface area (Å²) in [5, 5.41) is 24.4. The van der Waals surface area contributed by atoms with Crippen molar-refractivity contribution in [3.8, 4) is 23.0 Å². The third kappa shape index (κ3) is 5.34. The zero-order chi connectivity index (χ0) is 25.8. The van der Waals surface area contributed by atoms with Crippen molar-refractivity contribution < 1.29 is 14.0 Å². The molecule has 11 heteroatoms. The van der Waals surface area contributed by atoms with Crippen LogP contribution in [-0.2, 0) is 18.5 Å². The molecule has 0 fully saturated rings. The lowest BCUT2D eigenvalue weighted by Crippen LogP contribution is -2.12. The lowest BCUT2D eigenvalue weighted by atomic mass is 10.1. The molecule has 0 aliphatic carbocycles. The van der Waals surface area contributed by atoms with Gasteiger partial charge in [0.05, 0.1) is 10.6 Å². The predicted molar refractivity (Wildman–Crippen MR) is 136 cm³/mol. The molecule has 0 spiro atoms. The minimum Gasteiger partial charge on any atom is -0.457 e. The highest BCUT2D eigenvalue weighted by molar-refractivity contribution is 6.33. The molecule has 5 aromatic rings. The number of hydrogen-bond acceptors (Lipinski definition) is 9. The minimum absolute atomic E-state index is 0.0555. The molecule has 0 amide bonds. The quantitative estimate of drug-likeness (QED) is 0.202. The maximum Gasteiger partial charge on any atom is 0.257 e. The molecule has 3 aromatic carbocycles. The lowest BCUT2D eigenvalue weighted by Gasteiger charge is -2.11. The molecule has 0 unspecified atom stereocenters. The molecule has 0 aliphatic heterocycles. The zero-order valence-electron chi connectivity index (χ0n) is 20.3. The fourth-order valence-electron chi connectivity index (χ4n) is 3.52. The summed E-state index contributed by atoms with van der Waals surface area (Å²) in [4.78, 5) is 5.53. The van der Waals surface area contributed by atoms with Gasteiger partial charge >= 0.3 is 0 Å². The summed E-state index contributed by atoms with van der Waals surface area (Å²) in [7, 11) is 1.72. The molecule has 10 nitrogen and oxygen atoms in total. The summed E-state index contributed by atoms with van der Waals surface area (Å²) < 4.78 is 13.3. The maximum atomic E-state index is 6.51. The smallest absolute Gasteiger partial charge is 0.257 e. The van der Waals surface area contributed by atoms with Gasteiger partial charge in [0, 0.05) is 18.7 Å². The van der Waals surface area contributed by atoms with Gasteiger partial charge in [-0.3, -0.25) is 0 Å². The molecule has 2 aromatic heterocycles. The Morgan fingerprint density at radius 2 is 1.84 bits per heavy atom. The molecular formula is C26H22ClN7O3. The number of nitrogens with zero attached hydrogens (tertiary/aromatic N) is 7. The average molecular weight is 516 g/mol. The highest BCUT2D eigenvalue weighted by atomic mass is 35.5. The van der Waals surface area contributed by atoms with E-state index in [9.17, 15) is 0 Å². The van der Waals surface area contributed by atoms with Crippen LogP contribution in [0, 0.1) is 13.8 Å². The van der Waals surface area contributed by atoms with E-state index in [2.05, 4.69) is 30.9 Å². The van der Waals surface area contributed by atoms with Crippen LogP contribution in [0.15, 0.2) is 76.3 Å². The summed E-state index contributed by atoms with van der Waals surface area (Å²) in [6.45, 7) is 4.00. The number of aromatic nitrogens is 6. The Hall–Kier alpha value is -4.57. The first kappa shape index (κ1) is 24.1. The summed E-state index contributed by atoms with van der Waals surface area (Å²) in [6, 6.07) is 20.7. The number of oxime groups is 1. The van der Waals surface area contributed by atoms with Crippen LogP contribution in [-0.4, -0.2) is 36.1 Å². The van der Waals surface area contributed by atoms with Crippen LogP contribution >= 0.6 is 11.6 Å². The summed E-state index contributed by atoms with van der Waals surface area (Å²) in [6.07, 6.45) is 0. The molecular weight excluding hydrogens is 494 g/mol. The van der Waals surface area contributed by atoms with E-state index in [-0.39, 0.29) is 18.4 Å². The van der Waals surface area contributed by atoms with Crippen LogP contribution in [0.25, 0.3) is 11.5 Å². The van der Waals surface area contributed by atoms with Gasteiger partial charge in [-0.25, -0.2) is 4.68 Å². The summed E-state index contributed by atoms with van der Waals surface area (Å²) >= 11 is 6.51. The number of halogens is 1. The number of aryl methyl sites for hydroxylation is 2. The highest BCUT2D eigenvalue weighted by Gasteiger charge is 2.17. The molecule has 2 heterocycles. The Labute approximate surface area is 217 Å². The standard InChI is InChI=1S/C26H22ClN7O3/c1-16-8-7-11-22(17(16)2)36-19-12-13-20(21(27)14-19)26-30-28-23(37-26)15-35-31-24(18-9-5-4-6-10-18)25-29-32-33-34(25)3/h4-14H,15H2,1-3H3/b31-24-. The number of rotatable bonds is 8. The van der Waals surface area contributed by atoms with Gasteiger partial charge in [-0.05, 0) is 53.6 Å². The highest BCUT2D eigenvalue weighted by Crippen LogP contribution is 2.33. The molecule has 37 heavy (non-hydrogen) atoms. The van der Waals surface area contributed by atoms with Gasteiger partial charge in [-0.2, -0.15) is 0 Å². The second-order valence-corrected chi connectivity index (χ2v) is 8.56. The van der Waals surface area contributed by atoms with E-state index >= 15 is 0 Å². The van der Waals surface area contributed by atoms with Crippen molar-refractivity contribution in [1.29, 1.82) is 0 Å². The lowest BCUT2D eigenvalue weighted by molar-refractivity contribution is 0.111. The average Bonchev–Trinajstić information content (AvgIpc) is 3.54. The first-order chi connectivity index (χ1) is 18.0. The van der Waals surface area contributed by atoms with Crippen molar-refractivity contribution in [2.24, 2.45) is 12.2 Å². The molecule has 5 rings (SSSR count). The van der Waals surface area contributed by atoms with Gasteiger partial charge in [-0.1, -0.05) is 59.2 Å². The topological polar surface area (TPSA) is 113 Å². The second-order valence-electron chi connectivity index (χ2n) is 8.15. The van der Waals surface area contributed by atoms with Crippen molar-refractivity contribution in [3.05, 3.63) is 100 Å². The summed E-state index contributed by atoms with van der Waals surface area (Å²) in [5.74, 6) is 2.31. The van der Waals surface area contributed by atoms with Crippen molar-refractivity contribution in [2.45, 2.75) is 20.5 Å². The van der Waals surface area contributed by atoms with Crippen LogP contribution in [0.4, 0.5) is 0 Å². The second kappa shape index (κ2) is 10.6. The summed E-state index contributed by atoms with van der Waals surface area (Å²) in [5.41, 5.74) is 4.05. The van der Waals surface area contributed by atoms with E-state index in [0.29, 0.717) is 27.9 Å². The van der Waals surface area contributed by atoms with Gasteiger partial charge in [0.2, 0.25) is 11.7 Å². The number of hydrogen-bond donors (Lipinski definition) is 0. The fourth-order valence-corrected chi connectivity index (χ4v) is 3.77. The first-order valence-electron chi connectivity index (χ1n) is 11.3. The molecule has 0 saturated carbocycles. The van der Waals surface area contributed by atoms with E-state index in [1.54, 1.807) is 25.2 Å². The predicted octanol–water partition coefficient (Wildman–Crippen LogP) is 5.29. The number of tetrazole rings is 1. The van der Waals surface area contributed by atoms with Crippen LogP contribution in [0.3, 0.4) is 0 Å². The maximum absolute atomic E-state index is 6.51. The Morgan fingerprint density at radius 1 is 1.00 bits per heavy atom. The number of ether oxygens (including phenoxy) is 1. The zero-order valence-corrected chi connectivity index (χ0v) is 21.0. The fraction of sp³-hybridized carbons (Fsp3) is 0.154. The normalized spacial score (nSPS) is 11.5. The van der Waals surface area contributed by atoms with Crippen molar-refractivity contribution >= 4 is 17.3 Å². The third-order valence-electron chi connectivity index (χ3n) is 5.64. The largest absolute Gasteiger partial charge is 0.457 e. The molecule has 0 aliphatic rings. The van der Waals surface area contributed by atoms with Crippen LogP contribution in [0.2, 0.25) is 5.02 Å².